The normalized spacial score (nSPS) is 26.3. The highest BCUT2D eigenvalue weighted by molar-refractivity contribution is 5.54. The lowest BCUT2D eigenvalue weighted by Gasteiger charge is -2.43. The number of aliphatic hydroxyl groups excluding tert-OH is 1. The molecule has 0 aliphatic carbocycles. The van der Waals surface area contributed by atoms with Gasteiger partial charge in [0.15, 0.2) is 0 Å². The fraction of sp³-hybridized carbons (Fsp3) is 0.727. The summed E-state index contributed by atoms with van der Waals surface area (Å²) in [5.41, 5.74) is 2.97. The van der Waals surface area contributed by atoms with Gasteiger partial charge in [0.05, 0.1) is 6.10 Å². The first-order valence-corrected chi connectivity index (χ1v) is 10.3. The Morgan fingerprint density at radius 2 is 1.69 bits per heavy atom. The average molecular weight is 360 g/mol. The number of β-amino-alcohol motifs (C(OH)–C–C–N with tert-alkyl or cyclic N) is 1. The summed E-state index contributed by atoms with van der Waals surface area (Å²) in [5.74, 6) is 0.399. The van der Waals surface area contributed by atoms with E-state index in [4.69, 9.17) is 0 Å². The molecular weight excluding hydrogens is 322 g/mol. The topological polar surface area (TPSA) is 30.0 Å². The first kappa shape index (κ1) is 19.7. The Morgan fingerprint density at radius 1 is 1.00 bits per heavy atom. The third-order valence-corrected chi connectivity index (χ3v) is 6.32. The number of likely N-dealkylation sites (N-methyl/N-ethyl adjacent to an activating group) is 1. The van der Waals surface area contributed by atoms with E-state index in [1.54, 1.807) is 0 Å². The van der Waals surface area contributed by atoms with E-state index >= 15 is 0 Å². The Morgan fingerprint density at radius 3 is 2.31 bits per heavy atom. The summed E-state index contributed by atoms with van der Waals surface area (Å²) in [6, 6.07) is 8.85. The standard InChI is InChI=1S/C22H37N3O/c1-5-23-12-14-25(15-13-23)20-9-7-6-8-18(20)16-24-11-10-19(21(26)17-24)22(2,3)4/h6-9,19,21,26H,5,10-17H2,1-4H3/t19-,21-/m0/s1. The van der Waals surface area contributed by atoms with Crippen LogP contribution in [-0.4, -0.2) is 66.8 Å². The highest BCUT2D eigenvalue weighted by atomic mass is 16.3. The molecule has 4 nitrogen and oxygen atoms in total. The van der Waals surface area contributed by atoms with Crippen LogP contribution in [0.2, 0.25) is 0 Å². The summed E-state index contributed by atoms with van der Waals surface area (Å²) < 4.78 is 0. The van der Waals surface area contributed by atoms with Crippen LogP contribution in [0.15, 0.2) is 24.3 Å². The lowest BCUT2D eigenvalue weighted by molar-refractivity contribution is -0.0264. The van der Waals surface area contributed by atoms with Crippen LogP contribution in [-0.2, 0) is 6.54 Å². The highest BCUT2D eigenvalue weighted by Crippen LogP contribution is 2.35. The molecule has 1 aromatic rings. The molecule has 1 N–H and O–H groups in total. The molecule has 26 heavy (non-hydrogen) atoms. The van der Waals surface area contributed by atoms with Crippen molar-refractivity contribution in [2.24, 2.45) is 11.3 Å². The van der Waals surface area contributed by atoms with Gasteiger partial charge in [-0.15, -0.1) is 0 Å². The van der Waals surface area contributed by atoms with Crippen molar-refractivity contribution in [2.45, 2.75) is 46.8 Å². The van der Waals surface area contributed by atoms with Crippen molar-refractivity contribution in [3.8, 4) is 0 Å². The van der Waals surface area contributed by atoms with Gasteiger partial charge >= 0.3 is 0 Å². The molecule has 0 saturated carbocycles. The summed E-state index contributed by atoms with van der Waals surface area (Å²) in [6.07, 6.45) is 0.867. The highest BCUT2D eigenvalue weighted by Gasteiger charge is 2.35. The third kappa shape index (κ3) is 4.59. The minimum absolute atomic E-state index is 0.183. The molecule has 0 bridgehead atoms. The van der Waals surface area contributed by atoms with Gasteiger partial charge in [-0.3, -0.25) is 4.90 Å². The molecule has 2 aliphatic heterocycles. The van der Waals surface area contributed by atoms with E-state index in [1.165, 1.54) is 11.3 Å². The molecule has 1 aromatic carbocycles. The number of likely N-dealkylation sites (tertiary alicyclic amines) is 1. The fourth-order valence-electron chi connectivity index (χ4n) is 4.65. The smallest absolute Gasteiger partial charge is 0.0700 e. The molecule has 2 heterocycles. The third-order valence-electron chi connectivity index (χ3n) is 6.32. The summed E-state index contributed by atoms with van der Waals surface area (Å²) >= 11 is 0. The van der Waals surface area contributed by atoms with Crippen molar-refractivity contribution in [1.82, 2.24) is 9.80 Å². The monoisotopic (exact) mass is 359 g/mol. The average Bonchev–Trinajstić information content (AvgIpc) is 2.61. The van der Waals surface area contributed by atoms with Gasteiger partial charge < -0.3 is 14.9 Å². The Hall–Kier alpha value is -1.10. The maximum Gasteiger partial charge on any atom is 0.0700 e. The first-order chi connectivity index (χ1) is 12.4. The molecule has 0 spiro atoms. The zero-order valence-corrected chi connectivity index (χ0v) is 17.1. The van der Waals surface area contributed by atoms with Crippen molar-refractivity contribution >= 4 is 5.69 Å². The second-order valence-electron chi connectivity index (χ2n) is 9.11. The fourth-order valence-corrected chi connectivity index (χ4v) is 4.65. The van der Waals surface area contributed by atoms with Gasteiger partial charge in [-0.25, -0.2) is 0 Å². The molecular formula is C22H37N3O. The molecule has 2 atom stereocenters. The van der Waals surface area contributed by atoms with Gasteiger partial charge in [-0.05, 0) is 42.5 Å². The van der Waals surface area contributed by atoms with Gasteiger partial charge in [-0.2, -0.15) is 0 Å². The summed E-state index contributed by atoms with van der Waals surface area (Å²) in [7, 11) is 0. The Labute approximate surface area is 159 Å². The minimum Gasteiger partial charge on any atom is -0.391 e. The van der Waals surface area contributed by atoms with Crippen molar-refractivity contribution in [3.05, 3.63) is 29.8 Å². The molecule has 3 rings (SSSR count). The minimum atomic E-state index is -0.219. The second-order valence-corrected chi connectivity index (χ2v) is 9.11. The Bertz CT molecular complexity index is 575. The van der Waals surface area contributed by atoms with Gasteiger partial charge in [-0.1, -0.05) is 45.9 Å². The van der Waals surface area contributed by atoms with E-state index in [-0.39, 0.29) is 11.5 Å². The van der Waals surface area contributed by atoms with E-state index < -0.39 is 0 Å². The number of aliphatic hydroxyl groups is 1. The molecule has 0 unspecified atom stereocenters. The number of rotatable bonds is 4. The van der Waals surface area contributed by atoms with E-state index in [0.29, 0.717) is 5.92 Å². The second kappa shape index (κ2) is 8.28. The van der Waals surface area contributed by atoms with Crippen molar-refractivity contribution in [1.29, 1.82) is 0 Å². The SMILES string of the molecule is CCN1CCN(c2ccccc2CN2CC[C@H](C(C)(C)C)[C@@H](O)C2)CC1. The van der Waals surface area contributed by atoms with E-state index in [9.17, 15) is 5.11 Å². The quantitative estimate of drug-likeness (QED) is 0.895. The molecule has 0 radical (unpaired) electrons. The lowest BCUT2D eigenvalue weighted by Crippen LogP contribution is -2.48. The Kier molecular flexibility index (Phi) is 6.26. The van der Waals surface area contributed by atoms with Crippen molar-refractivity contribution in [3.63, 3.8) is 0 Å². The molecule has 146 valence electrons. The number of piperidine rings is 1. The van der Waals surface area contributed by atoms with E-state index in [1.807, 2.05) is 0 Å². The summed E-state index contributed by atoms with van der Waals surface area (Å²) in [5, 5.41) is 10.7. The lowest BCUT2D eigenvalue weighted by atomic mass is 9.73. The van der Waals surface area contributed by atoms with Crippen molar-refractivity contribution in [2.75, 3.05) is 50.7 Å². The van der Waals surface area contributed by atoms with Gasteiger partial charge in [0.1, 0.15) is 0 Å². The van der Waals surface area contributed by atoms with Crippen LogP contribution in [0, 0.1) is 11.3 Å². The number of piperazine rings is 1. The number of hydrogen-bond acceptors (Lipinski definition) is 4. The molecule has 2 saturated heterocycles. The molecule has 0 amide bonds. The maximum atomic E-state index is 10.7. The molecule has 2 aliphatic rings. The molecule has 2 fully saturated rings. The predicted molar refractivity (Wildman–Crippen MR) is 110 cm³/mol. The van der Waals surface area contributed by atoms with E-state index in [0.717, 1.165) is 58.8 Å². The summed E-state index contributed by atoms with van der Waals surface area (Å²) in [4.78, 5) is 7.50. The number of nitrogens with zero attached hydrogens (tertiary/aromatic N) is 3. The Balaban J connectivity index is 1.64. The van der Waals surface area contributed by atoms with Crippen LogP contribution < -0.4 is 4.90 Å². The van der Waals surface area contributed by atoms with Crippen molar-refractivity contribution < 1.29 is 5.11 Å². The molecule has 0 aromatic heterocycles. The largest absolute Gasteiger partial charge is 0.391 e. The number of benzene rings is 1. The van der Waals surface area contributed by atoms with Gasteiger partial charge in [0.25, 0.3) is 0 Å². The van der Waals surface area contributed by atoms with E-state index in [2.05, 4.69) is 66.7 Å². The van der Waals surface area contributed by atoms with Crippen LogP contribution in [0.3, 0.4) is 0 Å². The van der Waals surface area contributed by atoms with Crippen LogP contribution in [0.1, 0.15) is 39.7 Å². The van der Waals surface area contributed by atoms with Crippen LogP contribution in [0.5, 0.6) is 0 Å². The molecule has 4 heteroatoms. The number of para-hydroxylation sites is 1. The maximum absolute atomic E-state index is 10.7. The van der Waals surface area contributed by atoms with Crippen LogP contribution >= 0.6 is 0 Å². The van der Waals surface area contributed by atoms with Crippen LogP contribution in [0.25, 0.3) is 0 Å². The number of hydrogen-bond donors (Lipinski definition) is 1. The summed E-state index contributed by atoms with van der Waals surface area (Å²) in [6.45, 7) is 17.5. The van der Waals surface area contributed by atoms with Crippen LogP contribution in [0.4, 0.5) is 5.69 Å². The van der Waals surface area contributed by atoms with Gasteiger partial charge in [0.2, 0.25) is 0 Å². The zero-order chi connectivity index (χ0) is 18.7. The number of anilines is 1. The first-order valence-electron chi connectivity index (χ1n) is 10.3. The predicted octanol–water partition coefficient (Wildman–Crippen LogP) is 3.06. The zero-order valence-electron chi connectivity index (χ0n) is 17.1. The van der Waals surface area contributed by atoms with Gasteiger partial charge in [0, 0.05) is 45.0 Å².